The van der Waals surface area contributed by atoms with Crippen molar-refractivity contribution in [2.45, 2.75) is 19.8 Å². The van der Waals surface area contributed by atoms with Crippen molar-refractivity contribution in [3.05, 3.63) is 65.7 Å². The van der Waals surface area contributed by atoms with Crippen LogP contribution in [0.2, 0.25) is 0 Å². The first kappa shape index (κ1) is 15.9. The molecule has 5 heteroatoms. The molecule has 2 aromatic carbocycles. The highest BCUT2D eigenvalue weighted by Gasteiger charge is 2.24. The second-order valence-electron chi connectivity index (χ2n) is 5.87. The van der Waals surface area contributed by atoms with Crippen LogP contribution in [0.15, 0.2) is 59.7 Å². The molecule has 0 atom stereocenters. The Morgan fingerprint density at radius 1 is 0.917 bits per heavy atom. The number of carbonyl (C=O) groups is 2. The van der Waals surface area contributed by atoms with Crippen LogP contribution >= 0.6 is 0 Å². The van der Waals surface area contributed by atoms with E-state index in [2.05, 4.69) is 15.8 Å². The maximum Gasteiger partial charge on any atom is 0.271 e. The van der Waals surface area contributed by atoms with Crippen LogP contribution in [0.1, 0.15) is 40.5 Å². The van der Waals surface area contributed by atoms with Gasteiger partial charge in [-0.3, -0.25) is 9.59 Å². The predicted octanol–water partition coefficient (Wildman–Crippen LogP) is 3.45. The van der Waals surface area contributed by atoms with Gasteiger partial charge in [0.25, 0.3) is 11.8 Å². The van der Waals surface area contributed by atoms with Gasteiger partial charge in [-0.05, 0) is 62.1 Å². The minimum absolute atomic E-state index is 0.183. The lowest BCUT2D eigenvalue weighted by molar-refractivity contribution is 0.0954. The van der Waals surface area contributed by atoms with Gasteiger partial charge in [-0.25, -0.2) is 5.43 Å². The number of nitrogens with one attached hydrogen (secondary N) is 2. The van der Waals surface area contributed by atoms with Crippen molar-refractivity contribution in [2.24, 2.45) is 11.0 Å². The van der Waals surface area contributed by atoms with Crippen molar-refractivity contribution in [3.8, 4) is 0 Å². The van der Waals surface area contributed by atoms with E-state index in [0.29, 0.717) is 22.7 Å². The van der Waals surface area contributed by atoms with Crippen LogP contribution in [-0.2, 0) is 0 Å². The summed E-state index contributed by atoms with van der Waals surface area (Å²) in [7, 11) is 0. The molecule has 1 aliphatic rings. The van der Waals surface area contributed by atoms with Gasteiger partial charge in [0.15, 0.2) is 0 Å². The molecule has 0 bridgehead atoms. The Morgan fingerprint density at radius 3 is 2.17 bits per heavy atom. The molecule has 1 aliphatic carbocycles. The van der Waals surface area contributed by atoms with Gasteiger partial charge in [-0.15, -0.1) is 0 Å². The van der Waals surface area contributed by atoms with E-state index in [9.17, 15) is 9.59 Å². The number of benzene rings is 2. The Bertz CT molecular complexity index is 763. The third-order valence-corrected chi connectivity index (χ3v) is 3.94. The molecule has 0 aromatic heterocycles. The molecule has 0 aliphatic heterocycles. The molecule has 2 aromatic rings. The smallest absolute Gasteiger partial charge is 0.271 e. The van der Waals surface area contributed by atoms with Crippen molar-refractivity contribution >= 4 is 23.2 Å². The van der Waals surface area contributed by atoms with Crippen LogP contribution in [0.4, 0.5) is 5.69 Å². The zero-order valence-electron chi connectivity index (χ0n) is 13.5. The molecule has 24 heavy (non-hydrogen) atoms. The summed E-state index contributed by atoms with van der Waals surface area (Å²) < 4.78 is 0. The monoisotopic (exact) mass is 321 g/mol. The Labute approximate surface area is 140 Å². The average Bonchev–Trinajstić information content (AvgIpc) is 3.46. The van der Waals surface area contributed by atoms with Crippen LogP contribution < -0.4 is 10.7 Å². The van der Waals surface area contributed by atoms with Gasteiger partial charge >= 0.3 is 0 Å². The van der Waals surface area contributed by atoms with Crippen molar-refractivity contribution in [1.82, 2.24) is 5.43 Å². The van der Waals surface area contributed by atoms with E-state index in [1.807, 2.05) is 25.1 Å². The normalized spacial score (nSPS) is 14.1. The summed E-state index contributed by atoms with van der Waals surface area (Å²) in [4.78, 5) is 24.1. The molecular weight excluding hydrogens is 302 g/mol. The summed E-state index contributed by atoms with van der Waals surface area (Å²) in [6.45, 7) is 1.93. The maximum atomic E-state index is 12.1. The summed E-state index contributed by atoms with van der Waals surface area (Å²) >= 11 is 0. The van der Waals surface area contributed by atoms with Gasteiger partial charge in [-0.1, -0.05) is 18.2 Å². The topological polar surface area (TPSA) is 70.6 Å². The van der Waals surface area contributed by atoms with E-state index >= 15 is 0 Å². The van der Waals surface area contributed by atoms with E-state index in [1.54, 1.807) is 36.4 Å². The van der Waals surface area contributed by atoms with Gasteiger partial charge in [0.2, 0.25) is 0 Å². The van der Waals surface area contributed by atoms with Crippen LogP contribution in [0, 0.1) is 5.92 Å². The van der Waals surface area contributed by atoms with Gasteiger partial charge in [0.05, 0.1) is 0 Å². The molecular formula is C19H19N3O2. The van der Waals surface area contributed by atoms with Gasteiger partial charge in [0.1, 0.15) is 0 Å². The molecule has 2 N–H and O–H groups in total. The van der Waals surface area contributed by atoms with Crippen molar-refractivity contribution < 1.29 is 9.59 Å². The van der Waals surface area contributed by atoms with E-state index in [1.165, 1.54) is 0 Å². The number of nitrogens with zero attached hydrogens (tertiary/aromatic N) is 1. The van der Waals surface area contributed by atoms with Crippen LogP contribution in [0.5, 0.6) is 0 Å². The first-order chi connectivity index (χ1) is 11.6. The van der Waals surface area contributed by atoms with Gasteiger partial charge in [0, 0.05) is 22.5 Å². The summed E-state index contributed by atoms with van der Waals surface area (Å²) in [5.74, 6) is 0.0919. The second-order valence-corrected chi connectivity index (χ2v) is 5.87. The summed E-state index contributed by atoms with van der Waals surface area (Å²) in [5, 5.41) is 6.92. The van der Waals surface area contributed by atoms with E-state index in [4.69, 9.17) is 0 Å². The highest BCUT2D eigenvalue weighted by molar-refractivity contribution is 6.04. The Morgan fingerprint density at radius 2 is 1.54 bits per heavy atom. The molecule has 0 saturated heterocycles. The summed E-state index contributed by atoms with van der Waals surface area (Å²) in [5.41, 5.74) is 5.26. The lowest BCUT2D eigenvalue weighted by atomic mass is 10.1. The first-order valence-electron chi connectivity index (χ1n) is 7.94. The molecule has 0 spiro atoms. The average molecular weight is 321 g/mol. The standard InChI is InChI=1S/C19H19N3O2/c1-13(14-7-8-14)21-22-19(24)16-9-11-17(12-10-16)20-18(23)15-5-3-2-4-6-15/h2-6,9-12,14H,7-8H2,1H3,(H,20,23)(H,22,24). The zero-order chi connectivity index (χ0) is 16.9. The Kier molecular flexibility index (Phi) is 4.70. The molecule has 1 saturated carbocycles. The van der Waals surface area contributed by atoms with E-state index in [0.717, 1.165) is 18.6 Å². The van der Waals surface area contributed by atoms with Crippen LogP contribution in [0.25, 0.3) is 0 Å². The maximum absolute atomic E-state index is 12.1. The summed E-state index contributed by atoms with van der Waals surface area (Å²) in [6.07, 6.45) is 2.31. The molecule has 1 fully saturated rings. The lowest BCUT2D eigenvalue weighted by Crippen LogP contribution is -2.19. The number of hydrogen-bond acceptors (Lipinski definition) is 3. The second kappa shape index (κ2) is 7.08. The third-order valence-electron chi connectivity index (χ3n) is 3.94. The molecule has 5 nitrogen and oxygen atoms in total. The summed E-state index contributed by atoms with van der Waals surface area (Å²) in [6, 6.07) is 15.7. The van der Waals surface area contributed by atoms with Crippen molar-refractivity contribution in [3.63, 3.8) is 0 Å². The minimum atomic E-state index is -0.254. The number of carbonyl (C=O) groups excluding carboxylic acids is 2. The van der Waals surface area contributed by atoms with Crippen molar-refractivity contribution in [1.29, 1.82) is 0 Å². The number of hydrogen-bond donors (Lipinski definition) is 2. The number of anilines is 1. The fraction of sp³-hybridized carbons (Fsp3) is 0.211. The SMILES string of the molecule is CC(=NNC(=O)c1ccc(NC(=O)c2ccccc2)cc1)C1CC1. The Hall–Kier alpha value is -2.95. The fourth-order valence-corrected chi connectivity index (χ4v) is 2.29. The molecule has 2 amide bonds. The number of hydrazone groups is 1. The molecule has 3 rings (SSSR count). The number of amides is 2. The molecule has 0 heterocycles. The molecule has 0 radical (unpaired) electrons. The quantitative estimate of drug-likeness (QED) is 0.654. The van der Waals surface area contributed by atoms with Crippen LogP contribution in [0.3, 0.4) is 0 Å². The van der Waals surface area contributed by atoms with Gasteiger partial charge < -0.3 is 5.32 Å². The number of rotatable bonds is 5. The third kappa shape index (κ3) is 4.07. The zero-order valence-corrected chi connectivity index (χ0v) is 13.5. The van der Waals surface area contributed by atoms with Crippen molar-refractivity contribution in [2.75, 3.05) is 5.32 Å². The highest BCUT2D eigenvalue weighted by Crippen LogP contribution is 2.30. The lowest BCUT2D eigenvalue weighted by Gasteiger charge is -2.06. The first-order valence-corrected chi connectivity index (χ1v) is 7.94. The van der Waals surface area contributed by atoms with Crippen LogP contribution in [-0.4, -0.2) is 17.5 Å². The predicted molar refractivity (Wildman–Crippen MR) is 94.1 cm³/mol. The molecule has 122 valence electrons. The highest BCUT2D eigenvalue weighted by atomic mass is 16.2. The van der Waals surface area contributed by atoms with Gasteiger partial charge in [-0.2, -0.15) is 5.10 Å². The minimum Gasteiger partial charge on any atom is -0.322 e. The molecule has 0 unspecified atom stereocenters. The van der Waals surface area contributed by atoms with E-state index in [-0.39, 0.29) is 11.8 Å². The Balaban J connectivity index is 1.59. The fourth-order valence-electron chi connectivity index (χ4n) is 2.29. The van der Waals surface area contributed by atoms with E-state index < -0.39 is 0 Å². The largest absolute Gasteiger partial charge is 0.322 e.